The lowest BCUT2D eigenvalue weighted by molar-refractivity contribution is 1.06. The largest absolute Gasteiger partial charge is 0.364 e. The van der Waals surface area contributed by atoms with Crippen molar-refractivity contribution in [3.05, 3.63) is 33.1 Å². The third kappa shape index (κ3) is 2.29. The van der Waals surface area contributed by atoms with Gasteiger partial charge < -0.3 is 5.32 Å². The minimum absolute atomic E-state index is 0.512. The number of nitriles is 1. The molecule has 2 N–H and O–H groups in total. The predicted octanol–water partition coefficient (Wildman–Crippen LogP) is 2.61. The fraction of sp³-hybridized carbons (Fsp3) is 0.111. The summed E-state index contributed by atoms with van der Waals surface area (Å²) in [5.74, 6) is 0.641. The van der Waals surface area contributed by atoms with E-state index in [0.717, 1.165) is 9.21 Å². The second kappa shape index (κ2) is 4.34. The second-order valence-corrected chi connectivity index (χ2v) is 4.63. The number of rotatable bonds is 3. The van der Waals surface area contributed by atoms with Gasteiger partial charge in [0.15, 0.2) is 0 Å². The molecule has 2 aromatic rings. The summed E-state index contributed by atoms with van der Waals surface area (Å²) in [6.07, 6.45) is 1.49. The van der Waals surface area contributed by atoms with Crippen molar-refractivity contribution in [2.75, 3.05) is 5.32 Å². The molecule has 0 atom stereocenters. The first kappa shape index (κ1) is 10.0. The fourth-order valence-corrected chi connectivity index (χ4v) is 2.16. The summed E-state index contributed by atoms with van der Waals surface area (Å²) >= 11 is 7.31. The molecule has 2 rings (SSSR count). The minimum Gasteiger partial charge on any atom is -0.364 e. The van der Waals surface area contributed by atoms with E-state index in [9.17, 15) is 0 Å². The Bertz CT molecular complexity index is 496. The molecule has 4 nitrogen and oxygen atoms in total. The molecule has 2 heterocycles. The predicted molar refractivity (Wildman–Crippen MR) is 60.0 cm³/mol. The number of aromatic amines is 1. The van der Waals surface area contributed by atoms with Crippen LogP contribution in [0.2, 0.25) is 4.34 Å². The molecule has 0 bridgehead atoms. The molecular formula is C9H7ClN4S. The first-order valence-electron chi connectivity index (χ1n) is 4.21. The average Bonchev–Trinajstić information content (AvgIpc) is 2.83. The SMILES string of the molecule is N#Cc1cn[nH]c1NCc1ccc(Cl)s1. The number of nitrogens with zero attached hydrogens (tertiary/aromatic N) is 2. The van der Waals surface area contributed by atoms with Crippen LogP contribution in [0.3, 0.4) is 0 Å². The Morgan fingerprint density at radius 2 is 2.47 bits per heavy atom. The van der Waals surface area contributed by atoms with E-state index in [4.69, 9.17) is 16.9 Å². The number of thiophene rings is 1. The molecule has 6 heteroatoms. The highest BCUT2D eigenvalue weighted by Crippen LogP contribution is 2.22. The Kier molecular flexibility index (Phi) is 2.90. The summed E-state index contributed by atoms with van der Waals surface area (Å²) in [6.45, 7) is 0.633. The van der Waals surface area contributed by atoms with Crippen molar-refractivity contribution >= 4 is 28.8 Å². The van der Waals surface area contributed by atoms with Gasteiger partial charge in [-0.2, -0.15) is 10.4 Å². The Morgan fingerprint density at radius 1 is 1.60 bits per heavy atom. The van der Waals surface area contributed by atoms with Crippen molar-refractivity contribution in [2.45, 2.75) is 6.54 Å². The van der Waals surface area contributed by atoms with Crippen LogP contribution in [0.15, 0.2) is 18.3 Å². The van der Waals surface area contributed by atoms with Crippen LogP contribution < -0.4 is 5.32 Å². The molecule has 0 aliphatic heterocycles. The third-order valence-electron chi connectivity index (χ3n) is 1.83. The van der Waals surface area contributed by atoms with Gasteiger partial charge in [-0.3, -0.25) is 5.10 Å². The van der Waals surface area contributed by atoms with Crippen molar-refractivity contribution in [3.63, 3.8) is 0 Å². The number of halogens is 1. The zero-order valence-corrected chi connectivity index (χ0v) is 9.19. The smallest absolute Gasteiger partial charge is 0.139 e. The first-order chi connectivity index (χ1) is 7.29. The number of hydrogen-bond donors (Lipinski definition) is 2. The van der Waals surface area contributed by atoms with E-state index in [1.165, 1.54) is 17.5 Å². The second-order valence-electron chi connectivity index (χ2n) is 2.83. The monoisotopic (exact) mass is 238 g/mol. The standard InChI is InChI=1S/C9H7ClN4S/c10-8-2-1-7(15-8)5-12-9-6(3-11)4-13-14-9/h1-2,4H,5H2,(H2,12,13,14). The van der Waals surface area contributed by atoms with Gasteiger partial charge >= 0.3 is 0 Å². The number of aromatic nitrogens is 2. The summed E-state index contributed by atoms with van der Waals surface area (Å²) in [6, 6.07) is 5.83. The molecule has 2 aromatic heterocycles. The molecule has 0 fully saturated rings. The summed E-state index contributed by atoms with van der Waals surface area (Å²) in [7, 11) is 0. The first-order valence-corrected chi connectivity index (χ1v) is 5.40. The zero-order valence-electron chi connectivity index (χ0n) is 7.62. The van der Waals surface area contributed by atoms with Gasteiger partial charge in [0.05, 0.1) is 17.1 Å². The normalized spacial score (nSPS) is 9.87. The Balaban J connectivity index is 2.02. The Labute approximate surface area is 95.5 Å². The molecule has 15 heavy (non-hydrogen) atoms. The fourth-order valence-electron chi connectivity index (χ4n) is 1.13. The highest BCUT2D eigenvalue weighted by atomic mass is 35.5. The van der Waals surface area contributed by atoms with Gasteiger partial charge in [-0.15, -0.1) is 11.3 Å². The number of hydrogen-bond acceptors (Lipinski definition) is 4. The molecule has 0 aromatic carbocycles. The topological polar surface area (TPSA) is 64.5 Å². The van der Waals surface area contributed by atoms with Crippen LogP contribution in [0, 0.1) is 11.3 Å². The minimum atomic E-state index is 0.512. The van der Waals surface area contributed by atoms with Crippen molar-refractivity contribution in [2.24, 2.45) is 0 Å². The summed E-state index contributed by atoms with van der Waals surface area (Å²) in [5, 5.41) is 18.3. The Hall–Kier alpha value is -1.51. The summed E-state index contributed by atoms with van der Waals surface area (Å²) in [4.78, 5) is 1.11. The molecule has 0 radical (unpaired) electrons. The lowest BCUT2D eigenvalue weighted by atomic mass is 10.3. The lowest BCUT2D eigenvalue weighted by Gasteiger charge is -2.00. The van der Waals surface area contributed by atoms with E-state index in [1.54, 1.807) is 0 Å². The van der Waals surface area contributed by atoms with Crippen molar-refractivity contribution in [3.8, 4) is 6.07 Å². The molecule has 0 saturated carbocycles. The van der Waals surface area contributed by atoms with Gasteiger partial charge in [0.2, 0.25) is 0 Å². The van der Waals surface area contributed by atoms with Crippen LogP contribution >= 0.6 is 22.9 Å². The van der Waals surface area contributed by atoms with E-state index < -0.39 is 0 Å². The van der Waals surface area contributed by atoms with Crippen LogP contribution in [-0.2, 0) is 6.54 Å². The van der Waals surface area contributed by atoms with Gasteiger partial charge in [0, 0.05) is 4.88 Å². The number of nitrogens with one attached hydrogen (secondary N) is 2. The van der Waals surface area contributed by atoms with Crippen LogP contribution in [0.1, 0.15) is 10.4 Å². The van der Waals surface area contributed by atoms with Crippen molar-refractivity contribution < 1.29 is 0 Å². The van der Waals surface area contributed by atoms with E-state index in [1.807, 2.05) is 18.2 Å². The maximum absolute atomic E-state index is 8.74. The maximum atomic E-state index is 8.74. The molecule has 0 aliphatic carbocycles. The van der Waals surface area contributed by atoms with Crippen LogP contribution in [0.25, 0.3) is 0 Å². The zero-order chi connectivity index (χ0) is 10.7. The van der Waals surface area contributed by atoms with E-state index in [0.29, 0.717) is 17.9 Å². The average molecular weight is 239 g/mol. The Morgan fingerprint density at radius 3 is 3.13 bits per heavy atom. The molecule has 0 aliphatic rings. The van der Waals surface area contributed by atoms with Gasteiger partial charge in [-0.05, 0) is 12.1 Å². The van der Waals surface area contributed by atoms with E-state index in [2.05, 4.69) is 15.5 Å². The van der Waals surface area contributed by atoms with Gasteiger partial charge in [-0.25, -0.2) is 0 Å². The van der Waals surface area contributed by atoms with Crippen molar-refractivity contribution in [1.82, 2.24) is 10.2 Å². The van der Waals surface area contributed by atoms with E-state index >= 15 is 0 Å². The van der Waals surface area contributed by atoms with Crippen LogP contribution in [-0.4, -0.2) is 10.2 Å². The molecular weight excluding hydrogens is 232 g/mol. The highest BCUT2D eigenvalue weighted by molar-refractivity contribution is 7.16. The summed E-state index contributed by atoms with van der Waals surface area (Å²) < 4.78 is 0.761. The number of anilines is 1. The van der Waals surface area contributed by atoms with Gasteiger partial charge in [0.25, 0.3) is 0 Å². The summed E-state index contributed by atoms with van der Waals surface area (Å²) in [5.41, 5.74) is 0.512. The lowest BCUT2D eigenvalue weighted by Crippen LogP contribution is -1.99. The van der Waals surface area contributed by atoms with Crippen LogP contribution in [0.4, 0.5) is 5.82 Å². The maximum Gasteiger partial charge on any atom is 0.139 e. The van der Waals surface area contributed by atoms with Crippen molar-refractivity contribution in [1.29, 1.82) is 5.26 Å². The highest BCUT2D eigenvalue weighted by Gasteiger charge is 2.04. The van der Waals surface area contributed by atoms with E-state index in [-0.39, 0.29) is 0 Å². The molecule has 76 valence electrons. The van der Waals surface area contributed by atoms with Gasteiger partial charge in [-0.1, -0.05) is 11.6 Å². The number of H-pyrrole nitrogens is 1. The molecule has 0 unspecified atom stereocenters. The third-order valence-corrected chi connectivity index (χ3v) is 3.06. The van der Waals surface area contributed by atoms with Gasteiger partial charge in [0.1, 0.15) is 17.5 Å². The molecule has 0 saturated heterocycles. The van der Waals surface area contributed by atoms with Crippen LogP contribution in [0.5, 0.6) is 0 Å². The molecule has 0 spiro atoms. The quantitative estimate of drug-likeness (QED) is 0.864. The molecule has 0 amide bonds.